The van der Waals surface area contributed by atoms with Crippen LogP contribution in [0.25, 0.3) is 0 Å². The number of quaternary nitrogens is 1. The molecule has 59 heavy (non-hydrogen) atoms. The zero-order valence-corrected chi connectivity index (χ0v) is 38.9. The van der Waals surface area contributed by atoms with E-state index in [2.05, 4.69) is 50.3 Å². The fraction of sp³-hybridized carbons (Fsp3) is 0.820. The molecular weight excluding hydrogens is 743 g/mol. The summed E-state index contributed by atoms with van der Waals surface area (Å²) in [5, 5.41) is 11.7. The summed E-state index contributed by atoms with van der Waals surface area (Å²) in [6.45, 7) is 4.70. The summed E-state index contributed by atoms with van der Waals surface area (Å²) in [7, 11) is 5.91. The molecule has 9 heteroatoms. The van der Waals surface area contributed by atoms with Crippen molar-refractivity contribution in [2.24, 2.45) is 0 Å². The van der Waals surface area contributed by atoms with Gasteiger partial charge in [0.25, 0.3) is 0 Å². The molecule has 0 rings (SSSR count). The van der Waals surface area contributed by atoms with Crippen molar-refractivity contribution >= 4 is 17.9 Å². The third-order valence-electron chi connectivity index (χ3n) is 10.4. The lowest BCUT2D eigenvalue weighted by Crippen LogP contribution is -2.44. The number of carboxylic acid groups (broad SMARTS) is 1. The highest BCUT2D eigenvalue weighted by atomic mass is 16.7. The van der Waals surface area contributed by atoms with E-state index in [9.17, 15) is 19.5 Å². The number of carbonyl (C=O) groups is 3. The first-order valence-electron chi connectivity index (χ1n) is 24.1. The number of hydrogen-bond acceptors (Lipinski definition) is 8. The van der Waals surface area contributed by atoms with Crippen LogP contribution in [0, 0.1) is 0 Å². The van der Waals surface area contributed by atoms with E-state index in [1.54, 1.807) is 0 Å². The second-order valence-electron chi connectivity index (χ2n) is 17.4. The molecule has 9 nitrogen and oxygen atoms in total. The number of esters is 2. The second-order valence-corrected chi connectivity index (χ2v) is 17.4. The summed E-state index contributed by atoms with van der Waals surface area (Å²) >= 11 is 0. The van der Waals surface area contributed by atoms with Crippen LogP contribution < -0.4 is 5.11 Å². The van der Waals surface area contributed by atoms with Crippen LogP contribution in [0.3, 0.4) is 0 Å². The quantitative estimate of drug-likeness (QED) is 0.0196. The van der Waals surface area contributed by atoms with E-state index in [0.29, 0.717) is 23.9 Å². The summed E-state index contributed by atoms with van der Waals surface area (Å²) in [5.41, 5.74) is 0. The van der Waals surface area contributed by atoms with Crippen LogP contribution in [-0.4, -0.2) is 82.3 Å². The summed E-state index contributed by atoms with van der Waals surface area (Å²) in [5.74, 6) is -2.29. The zero-order chi connectivity index (χ0) is 43.5. The Balaban J connectivity index is 4.25. The molecule has 0 bridgehead atoms. The molecule has 0 N–H and O–H groups in total. The Labute approximate surface area is 362 Å². The Bertz CT molecular complexity index is 1070. The molecule has 0 heterocycles. The van der Waals surface area contributed by atoms with Crippen molar-refractivity contribution in [1.29, 1.82) is 0 Å². The second kappa shape index (κ2) is 42.2. The van der Waals surface area contributed by atoms with E-state index in [4.69, 9.17) is 18.9 Å². The van der Waals surface area contributed by atoms with Crippen molar-refractivity contribution in [2.45, 2.75) is 219 Å². The number of rotatable bonds is 44. The Hall–Kier alpha value is -2.49. The molecule has 2 atom stereocenters. The van der Waals surface area contributed by atoms with Gasteiger partial charge < -0.3 is 33.3 Å². The monoisotopic (exact) mass is 834 g/mol. The zero-order valence-electron chi connectivity index (χ0n) is 38.9. The number of aliphatic carboxylic acids is 1. The number of hydrogen-bond donors (Lipinski definition) is 0. The van der Waals surface area contributed by atoms with Gasteiger partial charge in [-0.2, -0.15) is 0 Å². The van der Waals surface area contributed by atoms with Crippen LogP contribution in [0.2, 0.25) is 0 Å². The predicted molar refractivity (Wildman–Crippen MR) is 242 cm³/mol. The molecular formula is C50H91NO8. The molecule has 0 saturated carbocycles. The standard InChI is InChI=1S/C50H91NO8/c1-6-8-10-12-14-16-17-18-19-20-21-22-23-24-25-26-27-28-29-30-31-33-35-37-39-41-48(53)59-46(45-58-50(49(54)55)56-43-42-51(3,4)5)44-57-47(52)40-38-36-34-32-15-13-11-9-7-2/h17-18,20-21,23-24,46,50H,6-16,19,22,25-45H2,1-5H3/b18-17-,21-20-,24-23-. The molecule has 0 aliphatic rings. The number of allylic oxidation sites excluding steroid dienone is 6. The number of likely N-dealkylation sites (N-methyl/N-ethyl adjacent to an activating group) is 1. The first kappa shape index (κ1) is 56.5. The minimum absolute atomic E-state index is 0.148. The molecule has 0 aromatic rings. The van der Waals surface area contributed by atoms with Crippen molar-refractivity contribution in [3.8, 4) is 0 Å². The van der Waals surface area contributed by atoms with E-state index in [1.165, 1.54) is 122 Å². The van der Waals surface area contributed by atoms with Gasteiger partial charge in [0.2, 0.25) is 0 Å². The molecule has 344 valence electrons. The van der Waals surface area contributed by atoms with Crippen LogP contribution in [0.5, 0.6) is 0 Å². The highest BCUT2D eigenvalue weighted by Crippen LogP contribution is 2.15. The highest BCUT2D eigenvalue weighted by Gasteiger charge is 2.21. The van der Waals surface area contributed by atoms with Gasteiger partial charge in [-0.3, -0.25) is 9.59 Å². The molecule has 0 aliphatic carbocycles. The van der Waals surface area contributed by atoms with Gasteiger partial charge in [-0.05, 0) is 51.4 Å². The Morgan fingerprint density at radius 3 is 1.36 bits per heavy atom. The van der Waals surface area contributed by atoms with E-state index in [1.807, 2.05) is 21.1 Å². The third kappa shape index (κ3) is 43.4. The fourth-order valence-electron chi connectivity index (χ4n) is 6.60. The summed E-state index contributed by atoms with van der Waals surface area (Å²) in [4.78, 5) is 36.9. The van der Waals surface area contributed by atoms with E-state index in [-0.39, 0.29) is 32.2 Å². The molecule has 0 radical (unpaired) electrons. The topological polar surface area (TPSA) is 111 Å². The maximum absolute atomic E-state index is 12.8. The molecule has 2 unspecified atom stereocenters. The van der Waals surface area contributed by atoms with E-state index in [0.717, 1.165) is 51.4 Å². The molecule has 0 spiro atoms. The number of ether oxygens (including phenoxy) is 4. The van der Waals surface area contributed by atoms with Crippen LogP contribution >= 0.6 is 0 Å². The number of carboxylic acids is 1. The predicted octanol–water partition coefficient (Wildman–Crippen LogP) is 11.7. The van der Waals surface area contributed by atoms with Gasteiger partial charge >= 0.3 is 11.9 Å². The molecule has 0 saturated heterocycles. The largest absolute Gasteiger partial charge is 0.545 e. The van der Waals surface area contributed by atoms with Crippen molar-refractivity contribution in [3.63, 3.8) is 0 Å². The van der Waals surface area contributed by atoms with Crippen LogP contribution in [-0.2, 0) is 33.3 Å². The molecule has 0 amide bonds. The van der Waals surface area contributed by atoms with E-state index < -0.39 is 24.3 Å². The summed E-state index contributed by atoms with van der Waals surface area (Å²) in [6, 6.07) is 0. The Morgan fingerprint density at radius 2 is 0.915 bits per heavy atom. The lowest BCUT2D eigenvalue weighted by atomic mass is 10.0. The first-order chi connectivity index (χ1) is 28.6. The maximum Gasteiger partial charge on any atom is 0.306 e. The van der Waals surface area contributed by atoms with Crippen molar-refractivity contribution in [1.82, 2.24) is 0 Å². The molecule has 0 fully saturated rings. The first-order valence-corrected chi connectivity index (χ1v) is 24.1. The lowest BCUT2D eigenvalue weighted by molar-refractivity contribution is -0.870. The van der Waals surface area contributed by atoms with E-state index >= 15 is 0 Å². The van der Waals surface area contributed by atoms with Crippen molar-refractivity contribution in [2.75, 3.05) is 47.5 Å². The van der Waals surface area contributed by atoms with Crippen molar-refractivity contribution < 1.29 is 42.9 Å². The van der Waals surface area contributed by atoms with Gasteiger partial charge in [-0.25, -0.2) is 0 Å². The lowest BCUT2D eigenvalue weighted by Gasteiger charge is -2.26. The van der Waals surface area contributed by atoms with Gasteiger partial charge in [0, 0.05) is 12.8 Å². The van der Waals surface area contributed by atoms with Gasteiger partial charge in [-0.1, -0.05) is 179 Å². The Morgan fingerprint density at radius 1 is 0.508 bits per heavy atom. The maximum atomic E-state index is 12.8. The average Bonchev–Trinajstić information content (AvgIpc) is 3.19. The molecule has 0 aliphatic heterocycles. The fourth-order valence-corrected chi connectivity index (χ4v) is 6.60. The minimum Gasteiger partial charge on any atom is -0.545 e. The molecule has 0 aromatic heterocycles. The summed E-state index contributed by atoms with van der Waals surface area (Å²) < 4.78 is 22.5. The normalized spacial score (nSPS) is 13.2. The molecule has 0 aromatic carbocycles. The SMILES string of the molecule is CCCCCCC/C=C\C/C=C\C/C=C\CCCCCCCCCCCCC(=O)OC(COC(=O)CCCCCCCCCCC)COC(OCC[N+](C)(C)C)C(=O)[O-]. The number of nitrogens with zero attached hydrogens (tertiary/aromatic N) is 1. The minimum atomic E-state index is -1.62. The van der Waals surface area contributed by atoms with Crippen molar-refractivity contribution in [3.05, 3.63) is 36.5 Å². The van der Waals surface area contributed by atoms with Gasteiger partial charge in [-0.15, -0.1) is 0 Å². The highest BCUT2D eigenvalue weighted by molar-refractivity contribution is 5.70. The van der Waals surface area contributed by atoms with Crippen LogP contribution in [0.4, 0.5) is 0 Å². The number of carbonyl (C=O) groups excluding carboxylic acids is 3. The average molecular weight is 834 g/mol. The Kier molecular flexibility index (Phi) is 40.4. The van der Waals surface area contributed by atoms with Gasteiger partial charge in [0.05, 0.1) is 40.3 Å². The van der Waals surface area contributed by atoms with Gasteiger partial charge in [0.1, 0.15) is 13.2 Å². The van der Waals surface area contributed by atoms with Crippen LogP contribution in [0.15, 0.2) is 36.5 Å². The summed E-state index contributed by atoms with van der Waals surface area (Å²) in [6.07, 6.45) is 44.7. The smallest absolute Gasteiger partial charge is 0.306 e. The number of unbranched alkanes of at least 4 members (excludes halogenated alkanes) is 23. The third-order valence-corrected chi connectivity index (χ3v) is 10.4. The van der Waals surface area contributed by atoms with Crippen LogP contribution in [0.1, 0.15) is 206 Å². The van der Waals surface area contributed by atoms with Gasteiger partial charge in [0.15, 0.2) is 12.4 Å².